The molecule has 0 atom stereocenters. The Bertz CT molecular complexity index is 1420. The highest BCUT2D eigenvalue weighted by molar-refractivity contribution is 6.18. The van der Waals surface area contributed by atoms with E-state index in [0.29, 0.717) is 5.57 Å². The third-order valence-corrected chi connectivity index (χ3v) is 5.77. The van der Waals surface area contributed by atoms with Crippen LogP contribution in [0.15, 0.2) is 102 Å². The molecule has 0 aromatic heterocycles. The molecule has 0 unspecified atom stereocenters. The van der Waals surface area contributed by atoms with E-state index in [0.717, 1.165) is 16.8 Å². The molecule has 6 rings (SSSR count). The molecule has 136 valence electrons. The van der Waals surface area contributed by atoms with Crippen LogP contribution < -0.4 is 5.32 Å². The van der Waals surface area contributed by atoms with Gasteiger partial charge < -0.3 is 5.32 Å². The van der Waals surface area contributed by atoms with Crippen LogP contribution in [0.1, 0.15) is 11.1 Å². The molecule has 2 aliphatic carbocycles. The number of benzene rings is 4. The van der Waals surface area contributed by atoms with Crippen molar-refractivity contribution in [2.75, 3.05) is 5.32 Å². The summed E-state index contributed by atoms with van der Waals surface area (Å²) < 4.78 is 0. The molecule has 0 saturated heterocycles. The molecule has 29 heavy (non-hydrogen) atoms. The lowest BCUT2D eigenvalue weighted by molar-refractivity contribution is -0.112. The maximum Gasteiger partial charge on any atom is 0.255 e. The van der Waals surface area contributed by atoms with Gasteiger partial charge in [-0.15, -0.1) is 0 Å². The minimum absolute atomic E-state index is 0.0765. The van der Waals surface area contributed by atoms with Gasteiger partial charge in [0.1, 0.15) is 0 Å². The van der Waals surface area contributed by atoms with E-state index in [1.807, 2.05) is 42.5 Å². The van der Waals surface area contributed by atoms with Crippen LogP contribution in [0.25, 0.3) is 33.2 Å². The number of para-hydroxylation sites is 1. The zero-order chi connectivity index (χ0) is 19.4. The van der Waals surface area contributed by atoms with Crippen LogP contribution in [0.4, 0.5) is 5.69 Å². The second-order valence-electron chi connectivity index (χ2n) is 7.49. The molecule has 2 nitrogen and oxygen atoms in total. The minimum Gasteiger partial charge on any atom is -0.322 e. The van der Waals surface area contributed by atoms with Gasteiger partial charge in [-0.3, -0.25) is 4.79 Å². The Balaban J connectivity index is 1.41. The summed E-state index contributed by atoms with van der Waals surface area (Å²) in [5, 5.41) is 8.02. The number of amides is 1. The zero-order valence-corrected chi connectivity index (χ0v) is 15.6. The SMILES string of the molecule is O=C(Nc1ccccc1)C1=CC2=Cc3c(ccc4c3ccc3ccccc34)C2=C1. The lowest BCUT2D eigenvalue weighted by Gasteiger charge is -2.09. The van der Waals surface area contributed by atoms with E-state index < -0.39 is 0 Å². The highest BCUT2D eigenvalue weighted by Gasteiger charge is 2.26. The lowest BCUT2D eigenvalue weighted by atomic mass is 9.95. The molecule has 0 radical (unpaired) electrons. The first-order chi connectivity index (χ1) is 14.3. The van der Waals surface area contributed by atoms with E-state index >= 15 is 0 Å². The first-order valence-corrected chi connectivity index (χ1v) is 9.75. The van der Waals surface area contributed by atoms with Gasteiger partial charge in [0.2, 0.25) is 0 Å². The van der Waals surface area contributed by atoms with Crippen molar-refractivity contribution in [1.29, 1.82) is 0 Å². The molecule has 4 aromatic rings. The van der Waals surface area contributed by atoms with Crippen molar-refractivity contribution in [3.05, 3.63) is 113 Å². The van der Waals surface area contributed by atoms with Gasteiger partial charge in [0, 0.05) is 11.3 Å². The molecule has 2 heteroatoms. The van der Waals surface area contributed by atoms with Crippen LogP contribution in [-0.4, -0.2) is 5.91 Å². The number of carbonyl (C=O) groups is 1. The van der Waals surface area contributed by atoms with E-state index in [4.69, 9.17) is 0 Å². The monoisotopic (exact) mass is 371 g/mol. The molecular weight excluding hydrogens is 354 g/mol. The van der Waals surface area contributed by atoms with Crippen molar-refractivity contribution in [3.8, 4) is 0 Å². The number of fused-ring (bicyclic) bond motifs is 7. The van der Waals surface area contributed by atoms with Crippen LogP contribution in [-0.2, 0) is 4.79 Å². The zero-order valence-electron chi connectivity index (χ0n) is 15.6. The Hall–Kier alpha value is -3.91. The molecule has 1 N–H and O–H groups in total. The maximum atomic E-state index is 12.7. The van der Waals surface area contributed by atoms with Crippen molar-refractivity contribution < 1.29 is 4.79 Å². The molecular formula is C27H17NO. The summed E-state index contributed by atoms with van der Waals surface area (Å²) in [5.74, 6) is -0.0765. The number of hydrogen-bond acceptors (Lipinski definition) is 1. The second-order valence-corrected chi connectivity index (χ2v) is 7.49. The van der Waals surface area contributed by atoms with Crippen molar-refractivity contribution in [2.45, 2.75) is 0 Å². The molecule has 0 bridgehead atoms. The van der Waals surface area contributed by atoms with Gasteiger partial charge in [-0.25, -0.2) is 0 Å². The van der Waals surface area contributed by atoms with Gasteiger partial charge in [-0.05, 0) is 74.2 Å². The Morgan fingerprint density at radius 1 is 0.655 bits per heavy atom. The lowest BCUT2D eigenvalue weighted by Crippen LogP contribution is -2.12. The summed E-state index contributed by atoms with van der Waals surface area (Å²) in [4.78, 5) is 12.7. The summed E-state index contributed by atoms with van der Waals surface area (Å²) >= 11 is 0. The summed E-state index contributed by atoms with van der Waals surface area (Å²) in [6.07, 6.45) is 6.20. The summed E-state index contributed by atoms with van der Waals surface area (Å²) in [7, 11) is 0. The number of nitrogens with one attached hydrogen (secondary N) is 1. The fraction of sp³-hybridized carbons (Fsp3) is 0. The van der Waals surface area contributed by atoms with Crippen LogP contribution in [0.3, 0.4) is 0 Å². The molecule has 0 aliphatic heterocycles. The Morgan fingerprint density at radius 3 is 2.34 bits per heavy atom. The molecule has 0 saturated carbocycles. The topological polar surface area (TPSA) is 29.1 Å². The third-order valence-electron chi connectivity index (χ3n) is 5.77. The van der Waals surface area contributed by atoms with Gasteiger partial charge in [0.25, 0.3) is 5.91 Å². The fourth-order valence-electron chi connectivity index (χ4n) is 4.39. The third kappa shape index (κ3) is 2.46. The Labute approximate surface area is 168 Å². The highest BCUT2D eigenvalue weighted by Crippen LogP contribution is 2.44. The predicted molar refractivity (Wildman–Crippen MR) is 121 cm³/mol. The number of carbonyl (C=O) groups excluding carboxylic acids is 1. The van der Waals surface area contributed by atoms with E-state index in [-0.39, 0.29) is 5.91 Å². The molecule has 0 heterocycles. The van der Waals surface area contributed by atoms with Gasteiger partial charge >= 0.3 is 0 Å². The molecule has 1 amide bonds. The van der Waals surface area contributed by atoms with Crippen molar-refractivity contribution >= 4 is 44.8 Å². The van der Waals surface area contributed by atoms with E-state index in [1.54, 1.807) is 0 Å². The average Bonchev–Trinajstić information content (AvgIpc) is 3.32. The number of anilines is 1. The van der Waals surface area contributed by atoms with Crippen LogP contribution >= 0.6 is 0 Å². The Morgan fingerprint density at radius 2 is 1.45 bits per heavy atom. The van der Waals surface area contributed by atoms with Crippen LogP contribution in [0.5, 0.6) is 0 Å². The minimum atomic E-state index is -0.0765. The maximum absolute atomic E-state index is 12.7. The van der Waals surface area contributed by atoms with E-state index in [2.05, 4.69) is 59.9 Å². The molecule has 0 fully saturated rings. The highest BCUT2D eigenvalue weighted by atomic mass is 16.1. The average molecular weight is 371 g/mol. The molecule has 4 aromatic carbocycles. The van der Waals surface area contributed by atoms with Gasteiger partial charge in [-0.1, -0.05) is 66.7 Å². The van der Waals surface area contributed by atoms with Gasteiger partial charge in [0.15, 0.2) is 0 Å². The Kier molecular flexibility index (Phi) is 3.35. The number of allylic oxidation sites excluding steroid dienone is 3. The summed E-state index contributed by atoms with van der Waals surface area (Å²) in [6, 6.07) is 26.8. The standard InChI is InChI=1S/C27H17NO/c29-27(28-20-7-2-1-3-8-20)19-14-18-15-26-23-11-10-17-6-4-5-9-21(17)22(23)12-13-24(26)25(18)16-19/h1-16H,(H,28,29). The first kappa shape index (κ1) is 16.1. The first-order valence-electron chi connectivity index (χ1n) is 9.75. The number of hydrogen-bond donors (Lipinski definition) is 1. The van der Waals surface area contributed by atoms with Gasteiger partial charge in [0.05, 0.1) is 0 Å². The van der Waals surface area contributed by atoms with Crippen LogP contribution in [0.2, 0.25) is 0 Å². The van der Waals surface area contributed by atoms with Crippen LogP contribution in [0, 0.1) is 0 Å². The van der Waals surface area contributed by atoms with Crippen molar-refractivity contribution in [3.63, 3.8) is 0 Å². The van der Waals surface area contributed by atoms with E-state index in [9.17, 15) is 4.79 Å². The molecule has 2 aliphatic rings. The second kappa shape index (κ2) is 6.05. The van der Waals surface area contributed by atoms with Gasteiger partial charge in [-0.2, -0.15) is 0 Å². The van der Waals surface area contributed by atoms with Crippen molar-refractivity contribution in [2.24, 2.45) is 0 Å². The summed E-state index contributed by atoms with van der Waals surface area (Å²) in [6.45, 7) is 0. The quantitative estimate of drug-likeness (QED) is 0.409. The number of rotatable bonds is 2. The predicted octanol–water partition coefficient (Wildman–Crippen LogP) is 6.35. The fourth-order valence-corrected chi connectivity index (χ4v) is 4.39. The normalized spacial score (nSPS) is 14.3. The smallest absolute Gasteiger partial charge is 0.255 e. The summed E-state index contributed by atoms with van der Waals surface area (Å²) in [5.41, 5.74) is 6.18. The van der Waals surface area contributed by atoms with E-state index in [1.165, 1.54) is 32.7 Å². The molecule has 0 spiro atoms. The largest absolute Gasteiger partial charge is 0.322 e. The van der Waals surface area contributed by atoms with Crippen molar-refractivity contribution in [1.82, 2.24) is 0 Å².